The summed E-state index contributed by atoms with van der Waals surface area (Å²) in [6, 6.07) is 2.23. The minimum atomic E-state index is -4.55. The van der Waals surface area contributed by atoms with Crippen molar-refractivity contribution in [2.45, 2.75) is 39.3 Å². The highest BCUT2D eigenvalue weighted by Crippen LogP contribution is 2.33. The molecule has 0 aliphatic carbocycles. The van der Waals surface area contributed by atoms with Crippen LogP contribution in [0, 0.1) is 6.92 Å². The number of nitrogens with zero attached hydrogens (tertiary/aromatic N) is 3. The highest BCUT2D eigenvalue weighted by atomic mass is 35.5. The number of amides is 1. The van der Waals surface area contributed by atoms with E-state index < -0.39 is 11.7 Å². The maximum Gasteiger partial charge on any atom is 0.417 e. The summed E-state index contributed by atoms with van der Waals surface area (Å²) in [4.78, 5) is 35.4. The van der Waals surface area contributed by atoms with Gasteiger partial charge in [0, 0.05) is 24.7 Å². The minimum absolute atomic E-state index is 0.0211. The topological polar surface area (TPSA) is 94.1 Å². The summed E-state index contributed by atoms with van der Waals surface area (Å²) in [6.45, 7) is 3.36. The van der Waals surface area contributed by atoms with Gasteiger partial charge in [-0.05, 0) is 25.5 Å². The fourth-order valence-corrected chi connectivity index (χ4v) is 2.42. The number of pyridine rings is 1. The molecular formula is C18H18ClF3N4O3. The summed E-state index contributed by atoms with van der Waals surface area (Å²) in [5.74, 6) is -0.660. The molecule has 2 rings (SSSR count). The number of ketones is 1. The van der Waals surface area contributed by atoms with Crippen LogP contribution in [0.1, 0.15) is 47.9 Å². The maximum absolute atomic E-state index is 12.6. The molecule has 0 spiro atoms. The maximum atomic E-state index is 12.6. The van der Waals surface area contributed by atoms with Gasteiger partial charge >= 0.3 is 6.18 Å². The van der Waals surface area contributed by atoms with Crippen molar-refractivity contribution in [3.8, 4) is 5.88 Å². The van der Waals surface area contributed by atoms with Crippen LogP contribution >= 0.6 is 11.6 Å². The Morgan fingerprint density at radius 2 is 1.97 bits per heavy atom. The first-order valence-electron chi connectivity index (χ1n) is 8.64. The van der Waals surface area contributed by atoms with E-state index in [-0.39, 0.29) is 60.1 Å². The van der Waals surface area contributed by atoms with Gasteiger partial charge in [0.05, 0.1) is 12.2 Å². The molecule has 0 radical (unpaired) electrons. The van der Waals surface area contributed by atoms with Gasteiger partial charge in [0.15, 0.2) is 5.78 Å². The smallest absolute Gasteiger partial charge is 0.417 e. The lowest BCUT2D eigenvalue weighted by Gasteiger charge is -2.10. The molecule has 0 saturated heterocycles. The van der Waals surface area contributed by atoms with Crippen molar-refractivity contribution in [2.24, 2.45) is 0 Å². The van der Waals surface area contributed by atoms with Crippen molar-refractivity contribution in [3.63, 3.8) is 0 Å². The number of carbonyl (C=O) groups is 2. The van der Waals surface area contributed by atoms with Gasteiger partial charge in [-0.15, -0.1) is 0 Å². The van der Waals surface area contributed by atoms with Gasteiger partial charge in [-0.3, -0.25) is 14.9 Å². The first-order chi connectivity index (χ1) is 13.6. The first kappa shape index (κ1) is 22.5. The summed E-state index contributed by atoms with van der Waals surface area (Å²) < 4.78 is 43.0. The molecule has 11 heteroatoms. The summed E-state index contributed by atoms with van der Waals surface area (Å²) in [7, 11) is 0. The minimum Gasteiger partial charge on any atom is -0.477 e. The zero-order valence-electron chi connectivity index (χ0n) is 15.6. The molecule has 0 saturated carbocycles. The van der Waals surface area contributed by atoms with Crippen molar-refractivity contribution in [3.05, 3.63) is 40.3 Å². The van der Waals surface area contributed by atoms with Gasteiger partial charge in [-0.25, -0.2) is 15.0 Å². The predicted molar refractivity (Wildman–Crippen MR) is 99.0 cm³/mol. The Balaban J connectivity index is 1.91. The number of carbonyl (C=O) groups excluding carboxylic acids is 2. The van der Waals surface area contributed by atoms with E-state index in [2.05, 4.69) is 20.3 Å². The lowest BCUT2D eigenvalue weighted by atomic mass is 10.1. The average Bonchev–Trinajstić information content (AvgIpc) is 2.64. The Bertz CT molecular complexity index is 906. The van der Waals surface area contributed by atoms with Crippen LogP contribution in [0.5, 0.6) is 5.88 Å². The fourth-order valence-electron chi connectivity index (χ4n) is 2.20. The molecule has 7 nitrogen and oxygen atoms in total. The molecule has 0 aliphatic rings. The van der Waals surface area contributed by atoms with E-state index >= 15 is 0 Å². The summed E-state index contributed by atoms with van der Waals surface area (Å²) in [5.41, 5.74) is -0.309. The number of halogens is 4. The molecule has 1 N–H and O–H groups in total. The molecule has 156 valence electrons. The number of anilines is 1. The lowest BCUT2D eigenvalue weighted by molar-refractivity contribution is -0.137. The van der Waals surface area contributed by atoms with Gasteiger partial charge in [0.25, 0.3) is 0 Å². The quantitative estimate of drug-likeness (QED) is 0.497. The van der Waals surface area contributed by atoms with Crippen LogP contribution in [0.2, 0.25) is 5.02 Å². The van der Waals surface area contributed by atoms with Gasteiger partial charge in [-0.1, -0.05) is 18.5 Å². The highest BCUT2D eigenvalue weighted by Gasteiger charge is 2.31. The number of aryl methyl sites for hydroxylation is 1. The Morgan fingerprint density at radius 3 is 2.59 bits per heavy atom. The van der Waals surface area contributed by atoms with Crippen molar-refractivity contribution in [2.75, 3.05) is 11.9 Å². The Morgan fingerprint density at radius 1 is 1.24 bits per heavy atom. The fraction of sp³-hybridized carbons (Fsp3) is 0.389. The molecule has 0 bridgehead atoms. The van der Waals surface area contributed by atoms with E-state index in [1.54, 1.807) is 13.8 Å². The van der Waals surface area contributed by atoms with Crippen LogP contribution in [0.25, 0.3) is 0 Å². The molecule has 29 heavy (non-hydrogen) atoms. The number of hydrogen-bond donors (Lipinski definition) is 1. The first-order valence-corrected chi connectivity index (χ1v) is 9.02. The van der Waals surface area contributed by atoms with E-state index in [9.17, 15) is 22.8 Å². The van der Waals surface area contributed by atoms with Crippen molar-refractivity contribution < 1.29 is 27.5 Å². The molecule has 1 amide bonds. The molecular weight excluding hydrogens is 413 g/mol. The number of Topliss-reactive ketones (excluding diaryl/α,β-unsaturated/α-hetero) is 1. The normalized spacial score (nSPS) is 11.2. The zero-order chi connectivity index (χ0) is 21.6. The van der Waals surface area contributed by atoms with E-state index in [0.29, 0.717) is 11.9 Å². The third kappa shape index (κ3) is 6.67. The molecule has 2 heterocycles. The number of rotatable bonds is 8. The molecule has 2 aromatic heterocycles. The summed E-state index contributed by atoms with van der Waals surface area (Å²) >= 11 is 5.76. The lowest BCUT2D eigenvalue weighted by Crippen LogP contribution is -2.15. The SMILES string of the molecule is CCC(=O)Nc1nc(C)cc(C(=O)CCCOc2ncc(C(F)(F)F)cc2Cl)n1. The van der Waals surface area contributed by atoms with Crippen molar-refractivity contribution in [1.82, 2.24) is 15.0 Å². The van der Waals surface area contributed by atoms with E-state index in [4.69, 9.17) is 16.3 Å². The third-order valence-corrected chi connectivity index (χ3v) is 3.90. The van der Waals surface area contributed by atoms with Crippen LogP contribution < -0.4 is 10.1 Å². The summed E-state index contributed by atoms with van der Waals surface area (Å²) in [5, 5.41) is 2.23. The second-order valence-electron chi connectivity index (χ2n) is 6.00. The number of hydrogen-bond acceptors (Lipinski definition) is 6. The third-order valence-electron chi connectivity index (χ3n) is 3.63. The molecule has 0 fully saturated rings. The number of ether oxygens (including phenoxy) is 1. The van der Waals surface area contributed by atoms with Crippen LogP contribution in [-0.2, 0) is 11.0 Å². The molecule has 0 unspecified atom stereocenters. The Labute approximate surface area is 169 Å². The largest absolute Gasteiger partial charge is 0.477 e. The van der Waals surface area contributed by atoms with Crippen LogP contribution in [0.4, 0.5) is 19.1 Å². The molecule has 0 atom stereocenters. The Hall–Kier alpha value is -2.75. The molecule has 2 aromatic rings. The second kappa shape index (κ2) is 9.64. The number of nitrogens with one attached hydrogen (secondary N) is 1. The van der Waals surface area contributed by atoms with Gasteiger partial charge in [-0.2, -0.15) is 13.2 Å². The van der Waals surface area contributed by atoms with E-state index in [1.807, 2.05) is 0 Å². The number of alkyl halides is 3. The van der Waals surface area contributed by atoms with Gasteiger partial charge < -0.3 is 4.74 Å². The van der Waals surface area contributed by atoms with Gasteiger partial charge in [0.2, 0.25) is 17.7 Å². The second-order valence-corrected chi connectivity index (χ2v) is 6.41. The molecule has 0 aliphatic heterocycles. The van der Waals surface area contributed by atoms with E-state index in [0.717, 1.165) is 6.07 Å². The zero-order valence-corrected chi connectivity index (χ0v) is 16.4. The standard InChI is InChI=1S/C18H18ClF3N4O3/c1-3-15(28)26-17-24-10(2)7-13(25-17)14(27)5-4-6-29-16-12(19)8-11(9-23-16)18(20,21)22/h7-9H,3-6H2,1-2H3,(H,24,25,26,28). The van der Waals surface area contributed by atoms with Crippen LogP contribution in [-0.4, -0.2) is 33.2 Å². The van der Waals surface area contributed by atoms with Crippen molar-refractivity contribution in [1.29, 1.82) is 0 Å². The predicted octanol–water partition coefficient (Wildman–Crippen LogP) is 4.24. The number of aromatic nitrogens is 3. The van der Waals surface area contributed by atoms with E-state index in [1.165, 1.54) is 6.07 Å². The van der Waals surface area contributed by atoms with Crippen molar-refractivity contribution >= 4 is 29.2 Å². The monoisotopic (exact) mass is 430 g/mol. The Kier molecular flexibility index (Phi) is 7.49. The van der Waals surface area contributed by atoms with Crippen LogP contribution in [0.15, 0.2) is 18.3 Å². The highest BCUT2D eigenvalue weighted by molar-refractivity contribution is 6.31. The van der Waals surface area contributed by atoms with Gasteiger partial charge in [0.1, 0.15) is 10.7 Å². The average molecular weight is 431 g/mol. The van der Waals surface area contributed by atoms with Crippen LogP contribution in [0.3, 0.4) is 0 Å². The molecule has 0 aromatic carbocycles. The summed E-state index contributed by atoms with van der Waals surface area (Å²) in [6.07, 6.45) is -3.35.